The monoisotopic (exact) mass is 266 g/mol. The third-order valence-corrected chi connectivity index (χ3v) is 5.09. The summed E-state index contributed by atoms with van der Waals surface area (Å²) in [6, 6.07) is 0. The summed E-state index contributed by atoms with van der Waals surface area (Å²) in [4.78, 5) is 12.2. The summed E-state index contributed by atoms with van der Waals surface area (Å²) in [6.07, 6.45) is 4.16. The highest BCUT2D eigenvalue weighted by molar-refractivity contribution is 7.15. The molecule has 0 aromatic carbocycles. The van der Waals surface area contributed by atoms with E-state index in [0.29, 0.717) is 5.13 Å². The predicted molar refractivity (Wildman–Crippen MR) is 70.6 cm³/mol. The standard InChI is InChI=1S/C12H18N4OS/c1-2-9-15-16-11(18-9)14-10(17)8-7-12(8)3-5-13-6-4-12/h8,13H,2-7H2,1H3,(H,14,16,17)/t8-/m1/s1. The molecule has 1 saturated heterocycles. The Morgan fingerprint density at radius 3 is 2.94 bits per heavy atom. The van der Waals surface area contributed by atoms with Crippen LogP contribution >= 0.6 is 11.3 Å². The first kappa shape index (κ1) is 12.0. The lowest BCUT2D eigenvalue weighted by atomic mass is 9.92. The number of amides is 1. The van der Waals surface area contributed by atoms with Gasteiger partial charge in [0, 0.05) is 5.92 Å². The van der Waals surface area contributed by atoms with Crippen molar-refractivity contribution in [3.05, 3.63) is 5.01 Å². The van der Waals surface area contributed by atoms with E-state index in [-0.39, 0.29) is 17.2 Å². The van der Waals surface area contributed by atoms with Gasteiger partial charge >= 0.3 is 0 Å². The van der Waals surface area contributed by atoms with Crippen LogP contribution in [0.1, 0.15) is 31.2 Å². The average Bonchev–Trinajstić information content (AvgIpc) is 2.88. The molecule has 1 aliphatic heterocycles. The third kappa shape index (κ3) is 2.14. The summed E-state index contributed by atoms with van der Waals surface area (Å²) in [5.41, 5.74) is 0.285. The number of carbonyl (C=O) groups is 1. The van der Waals surface area contributed by atoms with Gasteiger partial charge in [-0.1, -0.05) is 18.3 Å². The molecule has 1 amide bonds. The van der Waals surface area contributed by atoms with E-state index >= 15 is 0 Å². The Labute approximate surface area is 110 Å². The Hall–Kier alpha value is -1.01. The second-order valence-corrected chi connectivity index (χ2v) is 6.27. The number of nitrogens with zero attached hydrogens (tertiary/aromatic N) is 2. The number of piperidine rings is 1. The van der Waals surface area contributed by atoms with Crippen molar-refractivity contribution in [1.82, 2.24) is 15.5 Å². The summed E-state index contributed by atoms with van der Waals surface area (Å²) in [6.45, 7) is 4.13. The van der Waals surface area contributed by atoms with Gasteiger partial charge in [0.25, 0.3) is 0 Å². The molecule has 6 heteroatoms. The van der Waals surface area contributed by atoms with E-state index in [1.807, 2.05) is 6.92 Å². The number of aryl methyl sites for hydroxylation is 1. The topological polar surface area (TPSA) is 66.9 Å². The highest BCUT2D eigenvalue weighted by atomic mass is 32.1. The van der Waals surface area contributed by atoms with Gasteiger partial charge in [-0.15, -0.1) is 10.2 Å². The van der Waals surface area contributed by atoms with Gasteiger partial charge in [-0.25, -0.2) is 0 Å². The predicted octanol–water partition coefficient (Wildman–Crippen LogP) is 1.43. The van der Waals surface area contributed by atoms with Gasteiger partial charge in [0.05, 0.1) is 0 Å². The van der Waals surface area contributed by atoms with Crippen molar-refractivity contribution in [2.24, 2.45) is 11.3 Å². The van der Waals surface area contributed by atoms with Gasteiger partial charge in [-0.2, -0.15) is 0 Å². The van der Waals surface area contributed by atoms with Crippen molar-refractivity contribution in [1.29, 1.82) is 0 Å². The molecule has 2 N–H and O–H groups in total. The van der Waals surface area contributed by atoms with Crippen molar-refractivity contribution >= 4 is 22.4 Å². The van der Waals surface area contributed by atoms with Crippen LogP contribution in [-0.4, -0.2) is 29.2 Å². The van der Waals surface area contributed by atoms with E-state index in [0.717, 1.165) is 43.8 Å². The smallest absolute Gasteiger partial charge is 0.229 e. The van der Waals surface area contributed by atoms with Crippen molar-refractivity contribution in [2.45, 2.75) is 32.6 Å². The molecule has 1 aromatic heterocycles. The highest BCUT2D eigenvalue weighted by Crippen LogP contribution is 2.58. The zero-order chi connectivity index (χ0) is 12.6. The SMILES string of the molecule is CCc1nnc(NC(=O)[C@H]2CC23CCNCC3)s1. The van der Waals surface area contributed by atoms with Crippen LogP contribution in [0.4, 0.5) is 5.13 Å². The van der Waals surface area contributed by atoms with Gasteiger partial charge in [-0.05, 0) is 44.2 Å². The Morgan fingerprint density at radius 1 is 1.50 bits per heavy atom. The molecule has 1 aromatic rings. The molecule has 3 rings (SSSR count). The lowest BCUT2D eigenvalue weighted by Gasteiger charge is -2.22. The maximum absolute atomic E-state index is 12.2. The molecule has 1 aliphatic carbocycles. The second kappa shape index (κ2) is 4.59. The van der Waals surface area contributed by atoms with Crippen molar-refractivity contribution in [2.75, 3.05) is 18.4 Å². The Kier molecular flexibility index (Phi) is 3.07. The molecule has 1 atom stereocenters. The first-order valence-electron chi connectivity index (χ1n) is 6.57. The van der Waals surface area contributed by atoms with Crippen LogP contribution in [-0.2, 0) is 11.2 Å². The molecular weight excluding hydrogens is 248 g/mol. The number of aromatic nitrogens is 2. The van der Waals surface area contributed by atoms with Crippen LogP contribution in [0.15, 0.2) is 0 Å². The molecule has 2 aliphatic rings. The van der Waals surface area contributed by atoms with Gasteiger partial charge < -0.3 is 10.6 Å². The fourth-order valence-corrected chi connectivity index (χ4v) is 3.52. The summed E-state index contributed by atoms with van der Waals surface area (Å²) < 4.78 is 0. The summed E-state index contributed by atoms with van der Waals surface area (Å²) in [5, 5.41) is 15.9. The Bertz CT molecular complexity index is 453. The average molecular weight is 266 g/mol. The van der Waals surface area contributed by atoms with Crippen LogP contribution in [0.5, 0.6) is 0 Å². The molecule has 1 saturated carbocycles. The number of rotatable bonds is 3. The summed E-state index contributed by atoms with van der Waals surface area (Å²) >= 11 is 1.47. The van der Waals surface area contributed by atoms with Crippen molar-refractivity contribution < 1.29 is 4.79 Å². The second-order valence-electron chi connectivity index (χ2n) is 5.21. The fraction of sp³-hybridized carbons (Fsp3) is 0.750. The van der Waals surface area contributed by atoms with Crippen LogP contribution in [0.3, 0.4) is 0 Å². The van der Waals surface area contributed by atoms with E-state index in [2.05, 4.69) is 20.8 Å². The fourth-order valence-electron chi connectivity index (χ4n) is 2.84. The first-order chi connectivity index (χ1) is 8.73. The van der Waals surface area contributed by atoms with E-state index in [9.17, 15) is 4.79 Å². The Balaban J connectivity index is 1.59. The van der Waals surface area contributed by atoms with Crippen LogP contribution in [0.2, 0.25) is 0 Å². The van der Waals surface area contributed by atoms with E-state index in [4.69, 9.17) is 0 Å². The minimum atomic E-state index is 0.135. The normalized spacial score (nSPS) is 25.1. The maximum atomic E-state index is 12.2. The largest absolute Gasteiger partial charge is 0.317 e. The molecule has 1 spiro atoms. The molecule has 18 heavy (non-hydrogen) atoms. The van der Waals surface area contributed by atoms with Crippen molar-refractivity contribution in [3.63, 3.8) is 0 Å². The van der Waals surface area contributed by atoms with Gasteiger partial charge in [0.2, 0.25) is 11.0 Å². The lowest BCUT2D eigenvalue weighted by Crippen LogP contribution is -2.31. The number of hydrogen-bond acceptors (Lipinski definition) is 5. The maximum Gasteiger partial charge on any atom is 0.229 e. The summed E-state index contributed by atoms with van der Waals surface area (Å²) in [7, 11) is 0. The molecule has 2 fully saturated rings. The minimum Gasteiger partial charge on any atom is -0.317 e. The number of hydrogen-bond donors (Lipinski definition) is 2. The van der Waals surface area contributed by atoms with Gasteiger partial charge in [0.1, 0.15) is 5.01 Å². The number of anilines is 1. The highest BCUT2D eigenvalue weighted by Gasteiger charge is 2.57. The molecule has 98 valence electrons. The van der Waals surface area contributed by atoms with E-state index < -0.39 is 0 Å². The lowest BCUT2D eigenvalue weighted by molar-refractivity contribution is -0.118. The van der Waals surface area contributed by atoms with Gasteiger partial charge in [0.15, 0.2) is 0 Å². The first-order valence-corrected chi connectivity index (χ1v) is 7.39. The molecule has 5 nitrogen and oxygen atoms in total. The van der Waals surface area contributed by atoms with Crippen molar-refractivity contribution in [3.8, 4) is 0 Å². The van der Waals surface area contributed by atoms with E-state index in [1.54, 1.807) is 0 Å². The van der Waals surface area contributed by atoms with Crippen LogP contribution in [0.25, 0.3) is 0 Å². The van der Waals surface area contributed by atoms with Gasteiger partial charge in [-0.3, -0.25) is 4.79 Å². The third-order valence-electron chi connectivity index (χ3n) is 4.10. The molecular formula is C12H18N4OS. The zero-order valence-corrected chi connectivity index (χ0v) is 11.3. The zero-order valence-electron chi connectivity index (χ0n) is 10.5. The molecule has 0 bridgehead atoms. The quantitative estimate of drug-likeness (QED) is 0.868. The Morgan fingerprint density at radius 2 is 2.28 bits per heavy atom. The number of carbonyl (C=O) groups excluding carboxylic acids is 1. The summed E-state index contributed by atoms with van der Waals surface area (Å²) in [5.74, 6) is 0.323. The van der Waals surface area contributed by atoms with Crippen LogP contribution in [0, 0.1) is 11.3 Å². The molecule has 0 radical (unpaired) electrons. The minimum absolute atomic E-state index is 0.135. The van der Waals surface area contributed by atoms with Crippen LogP contribution < -0.4 is 10.6 Å². The number of nitrogens with one attached hydrogen (secondary N) is 2. The molecule has 0 unspecified atom stereocenters. The molecule has 2 heterocycles. The van der Waals surface area contributed by atoms with E-state index in [1.165, 1.54) is 11.3 Å².